The van der Waals surface area contributed by atoms with E-state index in [1.165, 1.54) is 101 Å². The summed E-state index contributed by atoms with van der Waals surface area (Å²) in [6.07, 6.45) is 11.1. The van der Waals surface area contributed by atoms with Crippen molar-refractivity contribution in [1.82, 2.24) is 0 Å². The predicted molar refractivity (Wildman–Crippen MR) is 243 cm³/mol. The van der Waals surface area contributed by atoms with Crippen LogP contribution in [0, 0.1) is 0 Å². The Morgan fingerprint density at radius 2 is 0.982 bits per heavy atom. The monoisotopic (exact) mass is 730 g/mol. The van der Waals surface area contributed by atoms with Crippen molar-refractivity contribution >= 4 is 69.2 Å². The summed E-state index contributed by atoms with van der Waals surface area (Å²) in [5, 5.41) is 2.50. The molecule has 0 unspecified atom stereocenters. The minimum atomic E-state index is -0.165. The van der Waals surface area contributed by atoms with Gasteiger partial charge in [0.15, 0.2) is 0 Å². The third-order valence-corrected chi connectivity index (χ3v) is 12.5. The summed E-state index contributed by atoms with van der Waals surface area (Å²) in [6.45, 7) is 4.76. The molecule has 0 fully saturated rings. The lowest BCUT2D eigenvalue weighted by Gasteiger charge is -2.29. The summed E-state index contributed by atoms with van der Waals surface area (Å²) in [5.41, 5.74) is 20.2. The van der Waals surface area contributed by atoms with Crippen LogP contribution in [-0.4, -0.2) is 0 Å². The number of aryl methyl sites for hydroxylation is 2. The Labute approximate surface area is 335 Å². The summed E-state index contributed by atoms with van der Waals surface area (Å²) in [6, 6.07) is 62.8. The van der Waals surface area contributed by atoms with Gasteiger partial charge in [-0.3, -0.25) is 0 Å². The Kier molecular flexibility index (Phi) is 7.69. The molecule has 1 aliphatic carbocycles. The summed E-state index contributed by atoms with van der Waals surface area (Å²) in [4.78, 5) is 4.92. The lowest BCUT2D eigenvalue weighted by atomic mass is 9.81. The summed E-state index contributed by atoms with van der Waals surface area (Å²) in [7, 11) is 0. The molecule has 2 heteroatoms. The second-order valence-corrected chi connectivity index (χ2v) is 16.1. The zero-order valence-corrected chi connectivity index (χ0v) is 32.3. The van der Waals surface area contributed by atoms with E-state index in [1.54, 1.807) is 0 Å². The molecule has 0 atom stereocenters. The zero-order chi connectivity index (χ0) is 38.1. The molecular weight excluding hydrogens is 689 g/mol. The minimum absolute atomic E-state index is 0.165. The third kappa shape index (κ3) is 5.39. The predicted octanol–water partition coefficient (Wildman–Crippen LogP) is 14.8. The summed E-state index contributed by atoms with van der Waals surface area (Å²) in [5.74, 6) is 0. The highest BCUT2D eigenvalue weighted by molar-refractivity contribution is 6.04. The van der Waals surface area contributed by atoms with Crippen molar-refractivity contribution in [2.45, 2.75) is 32.1 Å². The first-order chi connectivity index (χ1) is 28.0. The van der Waals surface area contributed by atoms with Crippen molar-refractivity contribution < 1.29 is 0 Å². The van der Waals surface area contributed by atoms with Crippen molar-refractivity contribution in [2.24, 2.45) is 0 Å². The van der Waals surface area contributed by atoms with Crippen LogP contribution in [0.4, 0.5) is 34.1 Å². The second-order valence-electron chi connectivity index (χ2n) is 16.1. The van der Waals surface area contributed by atoms with Gasteiger partial charge in [-0.05, 0) is 116 Å². The van der Waals surface area contributed by atoms with Crippen molar-refractivity contribution in [2.75, 3.05) is 9.80 Å². The van der Waals surface area contributed by atoms with E-state index in [0.717, 1.165) is 12.8 Å². The SMILES string of the molecule is CC1(C)c2cc(/C=C/c3cccc4c(N5c6ccccc6CCc6ccccc65)cccc34)ccc2-c2ccc(N3c4ccccc4C=Cc4ccccc43)cc21. The molecule has 272 valence electrons. The molecule has 11 rings (SSSR count). The molecule has 8 aromatic rings. The molecule has 0 saturated carbocycles. The fraction of sp³-hybridized carbons (Fsp3) is 0.0909. The van der Waals surface area contributed by atoms with Gasteiger partial charge in [0.2, 0.25) is 0 Å². The molecule has 0 saturated heterocycles. The van der Waals surface area contributed by atoms with E-state index < -0.39 is 0 Å². The van der Waals surface area contributed by atoms with Gasteiger partial charge in [-0.1, -0.05) is 166 Å². The first kappa shape index (κ1) is 33.4. The third-order valence-electron chi connectivity index (χ3n) is 12.5. The van der Waals surface area contributed by atoms with Gasteiger partial charge in [-0.25, -0.2) is 0 Å². The number of rotatable bonds is 4. The molecular formula is C55H42N2. The van der Waals surface area contributed by atoms with Gasteiger partial charge in [0.05, 0.1) is 17.1 Å². The molecule has 0 N–H and O–H groups in total. The van der Waals surface area contributed by atoms with Crippen LogP contribution in [0.5, 0.6) is 0 Å². The van der Waals surface area contributed by atoms with Crippen LogP contribution in [0.3, 0.4) is 0 Å². The molecule has 2 nitrogen and oxygen atoms in total. The van der Waals surface area contributed by atoms with E-state index in [2.05, 4.69) is 218 Å². The van der Waals surface area contributed by atoms with Crippen LogP contribution in [0.1, 0.15) is 58.4 Å². The second kappa shape index (κ2) is 13.1. The fourth-order valence-electron chi connectivity index (χ4n) is 9.62. The Morgan fingerprint density at radius 3 is 1.67 bits per heavy atom. The normalized spacial score (nSPS) is 14.6. The molecule has 0 aromatic heterocycles. The Balaban J connectivity index is 0.954. The molecule has 2 aliphatic heterocycles. The highest BCUT2D eigenvalue weighted by atomic mass is 15.2. The van der Waals surface area contributed by atoms with Crippen molar-refractivity contribution in [1.29, 1.82) is 0 Å². The maximum atomic E-state index is 2.49. The van der Waals surface area contributed by atoms with E-state index in [0.29, 0.717) is 0 Å². The topological polar surface area (TPSA) is 6.48 Å². The zero-order valence-electron chi connectivity index (χ0n) is 32.3. The van der Waals surface area contributed by atoms with Crippen molar-refractivity contribution in [3.05, 3.63) is 214 Å². The number of para-hydroxylation sites is 4. The molecule has 2 heterocycles. The molecule has 0 amide bonds. The number of anilines is 6. The van der Waals surface area contributed by atoms with Gasteiger partial charge in [0.25, 0.3) is 0 Å². The maximum Gasteiger partial charge on any atom is 0.0540 e. The minimum Gasteiger partial charge on any atom is -0.309 e. The first-order valence-electron chi connectivity index (χ1n) is 20.1. The van der Waals surface area contributed by atoms with E-state index in [-0.39, 0.29) is 5.41 Å². The summed E-state index contributed by atoms with van der Waals surface area (Å²) >= 11 is 0. The Bertz CT molecular complexity index is 2860. The quantitative estimate of drug-likeness (QED) is 0.166. The van der Waals surface area contributed by atoms with E-state index in [1.807, 2.05) is 0 Å². The molecule has 8 aromatic carbocycles. The van der Waals surface area contributed by atoms with E-state index >= 15 is 0 Å². The van der Waals surface area contributed by atoms with Crippen LogP contribution >= 0.6 is 0 Å². The summed E-state index contributed by atoms with van der Waals surface area (Å²) < 4.78 is 0. The Hall–Kier alpha value is -6.90. The number of hydrogen-bond acceptors (Lipinski definition) is 2. The van der Waals surface area contributed by atoms with Crippen molar-refractivity contribution in [3.63, 3.8) is 0 Å². The maximum absolute atomic E-state index is 2.49. The van der Waals surface area contributed by atoms with E-state index in [9.17, 15) is 0 Å². The number of hydrogen-bond donors (Lipinski definition) is 0. The van der Waals surface area contributed by atoms with Gasteiger partial charge in [-0.15, -0.1) is 0 Å². The van der Waals surface area contributed by atoms with Gasteiger partial charge < -0.3 is 9.80 Å². The lowest BCUT2D eigenvalue weighted by molar-refractivity contribution is 0.660. The van der Waals surface area contributed by atoms with Crippen LogP contribution in [-0.2, 0) is 18.3 Å². The average Bonchev–Trinajstić information content (AvgIpc) is 3.38. The van der Waals surface area contributed by atoms with Crippen LogP contribution in [0.15, 0.2) is 170 Å². The standard InChI is InChI=1S/C55H42N2/c1-55(2)48-35-37(26-33-45(48)46-34-32-43(36-49(46)55)56-50-20-7-3-13-39(50)28-29-40-14-4-8-21-51(40)56)25-27-38-17-11-19-47-44(38)18-12-24-54(47)57-52-22-9-5-15-41(52)30-31-42-16-6-10-23-53(42)57/h3-29,32-36H,30-31H2,1-2H3/b27-25+. The fourth-order valence-corrected chi connectivity index (χ4v) is 9.62. The van der Waals surface area contributed by atoms with E-state index in [4.69, 9.17) is 0 Å². The molecule has 0 bridgehead atoms. The Morgan fingerprint density at radius 1 is 0.439 bits per heavy atom. The van der Waals surface area contributed by atoms with Crippen LogP contribution in [0.25, 0.3) is 46.2 Å². The molecule has 0 spiro atoms. The van der Waals surface area contributed by atoms with Crippen molar-refractivity contribution in [3.8, 4) is 11.1 Å². The lowest BCUT2D eigenvalue weighted by Crippen LogP contribution is -2.17. The van der Waals surface area contributed by atoms with Crippen LogP contribution in [0.2, 0.25) is 0 Å². The highest BCUT2D eigenvalue weighted by Crippen LogP contribution is 2.52. The smallest absolute Gasteiger partial charge is 0.0540 e. The van der Waals surface area contributed by atoms with Gasteiger partial charge in [0, 0.05) is 27.9 Å². The highest BCUT2D eigenvalue weighted by Gasteiger charge is 2.36. The van der Waals surface area contributed by atoms with Crippen LogP contribution < -0.4 is 9.80 Å². The number of nitrogens with zero attached hydrogens (tertiary/aromatic N) is 2. The number of fused-ring (bicyclic) bond motifs is 8. The molecule has 57 heavy (non-hydrogen) atoms. The average molecular weight is 731 g/mol. The van der Waals surface area contributed by atoms with Gasteiger partial charge in [-0.2, -0.15) is 0 Å². The largest absolute Gasteiger partial charge is 0.309 e. The first-order valence-corrected chi connectivity index (χ1v) is 20.1. The van der Waals surface area contributed by atoms with Gasteiger partial charge >= 0.3 is 0 Å². The molecule has 0 radical (unpaired) electrons. The van der Waals surface area contributed by atoms with Gasteiger partial charge in [0.1, 0.15) is 0 Å². The number of benzene rings is 8. The molecule has 3 aliphatic rings.